The van der Waals surface area contributed by atoms with E-state index in [2.05, 4.69) is 50.4 Å². The second kappa shape index (κ2) is 7.02. The third-order valence-electron chi connectivity index (χ3n) is 3.44. The Morgan fingerprint density at radius 1 is 1.19 bits per heavy atom. The number of nitrogens with two attached hydrogens (primary N) is 1. The molecule has 3 nitrogen and oxygen atoms in total. The highest BCUT2D eigenvalue weighted by atomic mass is 16.5. The van der Waals surface area contributed by atoms with Crippen molar-refractivity contribution in [3.8, 4) is 5.75 Å². The summed E-state index contributed by atoms with van der Waals surface area (Å²) in [6.07, 6.45) is 0.983. The number of benzene rings is 2. The monoisotopic (exact) mass is 284 g/mol. The lowest BCUT2D eigenvalue weighted by molar-refractivity contribution is 0.318. The van der Waals surface area contributed by atoms with Crippen LogP contribution in [0.5, 0.6) is 5.75 Å². The van der Waals surface area contributed by atoms with Gasteiger partial charge in [-0.2, -0.15) is 0 Å². The minimum atomic E-state index is 0.215. The average molecular weight is 284 g/mol. The molecule has 3 heteroatoms. The van der Waals surface area contributed by atoms with Crippen LogP contribution < -0.4 is 15.8 Å². The van der Waals surface area contributed by atoms with Gasteiger partial charge in [0.15, 0.2) is 0 Å². The molecule has 0 aliphatic heterocycles. The average Bonchev–Trinajstić information content (AvgIpc) is 2.45. The predicted molar refractivity (Wildman–Crippen MR) is 89.9 cm³/mol. The Morgan fingerprint density at radius 3 is 2.67 bits per heavy atom. The van der Waals surface area contributed by atoms with Gasteiger partial charge in [-0.15, -0.1) is 0 Å². The van der Waals surface area contributed by atoms with Crippen molar-refractivity contribution in [1.82, 2.24) is 0 Å². The van der Waals surface area contributed by atoms with Crippen molar-refractivity contribution < 1.29 is 4.74 Å². The third-order valence-corrected chi connectivity index (χ3v) is 3.44. The van der Waals surface area contributed by atoms with E-state index in [1.165, 1.54) is 11.1 Å². The van der Waals surface area contributed by atoms with Gasteiger partial charge in [0.05, 0.1) is 6.61 Å². The second-order valence-corrected chi connectivity index (χ2v) is 5.36. The van der Waals surface area contributed by atoms with E-state index in [1.54, 1.807) is 0 Å². The molecule has 112 valence electrons. The molecule has 0 aromatic heterocycles. The van der Waals surface area contributed by atoms with Crippen LogP contribution in [0, 0.1) is 6.92 Å². The summed E-state index contributed by atoms with van der Waals surface area (Å²) < 4.78 is 5.67. The summed E-state index contributed by atoms with van der Waals surface area (Å²) in [5.41, 5.74) is 10.2. The van der Waals surface area contributed by atoms with Gasteiger partial charge in [0, 0.05) is 29.5 Å². The Labute approximate surface area is 127 Å². The molecule has 0 saturated heterocycles. The van der Waals surface area contributed by atoms with Crippen molar-refractivity contribution in [3.05, 3.63) is 53.6 Å². The number of nitrogen functional groups attached to an aromatic ring is 1. The molecule has 2 rings (SSSR count). The molecule has 0 spiro atoms. The summed E-state index contributed by atoms with van der Waals surface area (Å²) >= 11 is 0. The summed E-state index contributed by atoms with van der Waals surface area (Å²) in [6.45, 7) is 7.07. The molecule has 3 N–H and O–H groups in total. The van der Waals surface area contributed by atoms with E-state index < -0.39 is 0 Å². The fourth-order valence-corrected chi connectivity index (χ4v) is 2.41. The minimum absolute atomic E-state index is 0.215. The molecule has 1 atom stereocenters. The van der Waals surface area contributed by atoms with Gasteiger partial charge in [-0.25, -0.2) is 0 Å². The SMILES string of the molecule is CCCOc1cc(N)cc(NC(C)c2ccccc2C)c1. The van der Waals surface area contributed by atoms with Crippen LogP contribution in [0.4, 0.5) is 11.4 Å². The number of hydrogen-bond acceptors (Lipinski definition) is 3. The molecular weight excluding hydrogens is 260 g/mol. The molecule has 0 aliphatic rings. The maximum atomic E-state index is 5.96. The zero-order valence-corrected chi connectivity index (χ0v) is 13.0. The maximum absolute atomic E-state index is 5.96. The van der Waals surface area contributed by atoms with Gasteiger partial charge < -0.3 is 15.8 Å². The topological polar surface area (TPSA) is 47.3 Å². The maximum Gasteiger partial charge on any atom is 0.123 e. The number of anilines is 2. The lowest BCUT2D eigenvalue weighted by Crippen LogP contribution is -2.08. The lowest BCUT2D eigenvalue weighted by atomic mass is 10.0. The standard InChI is InChI=1S/C18H24N2O/c1-4-9-21-17-11-15(19)10-16(12-17)20-14(3)18-8-6-5-7-13(18)2/h5-8,10-12,14,20H,4,9,19H2,1-3H3. The zero-order chi connectivity index (χ0) is 15.2. The first-order chi connectivity index (χ1) is 10.1. The van der Waals surface area contributed by atoms with Crippen LogP contribution in [0.2, 0.25) is 0 Å². The molecule has 2 aromatic carbocycles. The van der Waals surface area contributed by atoms with Crippen molar-refractivity contribution in [3.63, 3.8) is 0 Å². The highest BCUT2D eigenvalue weighted by Gasteiger charge is 2.09. The molecule has 0 aliphatic carbocycles. The van der Waals surface area contributed by atoms with E-state index in [-0.39, 0.29) is 6.04 Å². The molecule has 0 saturated carbocycles. The fraction of sp³-hybridized carbons (Fsp3) is 0.333. The first-order valence-electron chi connectivity index (χ1n) is 7.45. The van der Waals surface area contributed by atoms with Gasteiger partial charge in [-0.05, 0) is 37.5 Å². The first kappa shape index (κ1) is 15.2. The van der Waals surface area contributed by atoms with Crippen LogP contribution in [0.3, 0.4) is 0 Å². The smallest absolute Gasteiger partial charge is 0.123 e. The van der Waals surface area contributed by atoms with Crippen LogP contribution >= 0.6 is 0 Å². The quantitative estimate of drug-likeness (QED) is 0.766. The zero-order valence-electron chi connectivity index (χ0n) is 13.0. The number of rotatable bonds is 6. The molecule has 21 heavy (non-hydrogen) atoms. The summed E-state index contributed by atoms with van der Waals surface area (Å²) in [4.78, 5) is 0. The van der Waals surface area contributed by atoms with Gasteiger partial charge in [0.2, 0.25) is 0 Å². The summed E-state index contributed by atoms with van der Waals surface area (Å²) in [5, 5.41) is 3.50. The Kier molecular flexibility index (Phi) is 5.09. The fourth-order valence-electron chi connectivity index (χ4n) is 2.41. The molecule has 2 aromatic rings. The van der Waals surface area contributed by atoms with Crippen LogP contribution in [0.15, 0.2) is 42.5 Å². The molecule has 0 fully saturated rings. The normalized spacial score (nSPS) is 12.0. The predicted octanol–water partition coefficient (Wildman–Crippen LogP) is 4.54. The van der Waals surface area contributed by atoms with Gasteiger partial charge in [0.1, 0.15) is 5.75 Å². The van der Waals surface area contributed by atoms with E-state index in [9.17, 15) is 0 Å². The lowest BCUT2D eigenvalue weighted by Gasteiger charge is -2.19. The van der Waals surface area contributed by atoms with E-state index in [1.807, 2.05) is 18.2 Å². The van der Waals surface area contributed by atoms with Crippen LogP contribution in [-0.4, -0.2) is 6.61 Å². The van der Waals surface area contributed by atoms with Crippen LogP contribution in [0.25, 0.3) is 0 Å². The molecule has 0 amide bonds. The largest absolute Gasteiger partial charge is 0.493 e. The van der Waals surface area contributed by atoms with Crippen LogP contribution in [-0.2, 0) is 0 Å². The number of hydrogen-bond donors (Lipinski definition) is 2. The van der Waals surface area contributed by atoms with E-state index >= 15 is 0 Å². The summed E-state index contributed by atoms with van der Waals surface area (Å²) in [7, 11) is 0. The number of aryl methyl sites for hydroxylation is 1. The summed E-state index contributed by atoms with van der Waals surface area (Å²) in [5.74, 6) is 0.816. The van der Waals surface area contributed by atoms with Gasteiger partial charge in [-0.3, -0.25) is 0 Å². The Bertz CT molecular complexity index is 596. The third kappa shape index (κ3) is 4.15. The van der Waals surface area contributed by atoms with Crippen molar-refractivity contribution in [1.29, 1.82) is 0 Å². The Morgan fingerprint density at radius 2 is 1.95 bits per heavy atom. The molecular formula is C18H24N2O. The van der Waals surface area contributed by atoms with Crippen molar-refractivity contribution in [2.45, 2.75) is 33.2 Å². The Hall–Kier alpha value is -2.16. The van der Waals surface area contributed by atoms with E-state index in [0.717, 1.165) is 17.9 Å². The second-order valence-electron chi connectivity index (χ2n) is 5.36. The molecule has 0 bridgehead atoms. The van der Waals surface area contributed by atoms with Gasteiger partial charge in [0.25, 0.3) is 0 Å². The summed E-state index contributed by atoms with van der Waals surface area (Å²) in [6, 6.07) is 14.4. The molecule has 0 radical (unpaired) electrons. The highest BCUT2D eigenvalue weighted by Crippen LogP contribution is 2.27. The Balaban J connectivity index is 2.15. The molecule has 1 unspecified atom stereocenters. The van der Waals surface area contributed by atoms with E-state index in [4.69, 9.17) is 10.5 Å². The highest BCUT2D eigenvalue weighted by molar-refractivity contribution is 5.60. The van der Waals surface area contributed by atoms with Gasteiger partial charge in [-0.1, -0.05) is 31.2 Å². The number of ether oxygens (including phenoxy) is 1. The van der Waals surface area contributed by atoms with Crippen LogP contribution in [0.1, 0.15) is 37.4 Å². The molecule has 0 heterocycles. The first-order valence-corrected chi connectivity index (χ1v) is 7.45. The minimum Gasteiger partial charge on any atom is -0.493 e. The van der Waals surface area contributed by atoms with Gasteiger partial charge >= 0.3 is 0 Å². The van der Waals surface area contributed by atoms with Crippen molar-refractivity contribution >= 4 is 11.4 Å². The number of nitrogens with one attached hydrogen (secondary N) is 1. The van der Waals surface area contributed by atoms with Crippen molar-refractivity contribution in [2.24, 2.45) is 0 Å². The van der Waals surface area contributed by atoms with E-state index in [0.29, 0.717) is 12.3 Å². The van der Waals surface area contributed by atoms with Crippen molar-refractivity contribution in [2.75, 3.05) is 17.7 Å².